The average Bonchev–Trinajstić information content (AvgIpc) is 2.94. The summed E-state index contributed by atoms with van der Waals surface area (Å²) in [6.07, 6.45) is 1.65. The van der Waals surface area contributed by atoms with Crippen LogP contribution in [-0.4, -0.2) is 31.2 Å². The predicted octanol–water partition coefficient (Wildman–Crippen LogP) is 2.19. The number of carbonyl (C=O) groups excluding carboxylic acids is 1. The Bertz CT molecular complexity index is 611. The number of anilines is 1. The van der Waals surface area contributed by atoms with E-state index in [1.807, 2.05) is 11.4 Å². The summed E-state index contributed by atoms with van der Waals surface area (Å²) in [5.74, 6) is 1.02. The van der Waals surface area contributed by atoms with Crippen LogP contribution >= 0.6 is 11.3 Å². The van der Waals surface area contributed by atoms with Gasteiger partial charge in [-0.2, -0.15) is 0 Å². The van der Waals surface area contributed by atoms with Crippen molar-refractivity contribution in [1.82, 2.24) is 4.98 Å². The van der Waals surface area contributed by atoms with E-state index in [0.29, 0.717) is 35.3 Å². The molecule has 1 aliphatic rings. The van der Waals surface area contributed by atoms with Crippen molar-refractivity contribution in [2.75, 3.05) is 25.2 Å². The number of amides is 1. The molecule has 5 nitrogen and oxygen atoms in total. The lowest BCUT2D eigenvalue weighted by Crippen LogP contribution is -2.38. The second-order valence-corrected chi connectivity index (χ2v) is 4.87. The maximum absolute atomic E-state index is 12.6. The van der Waals surface area contributed by atoms with Crippen LogP contribution in [0.1, 0.15) is 9.67 Å². The topological polar surface area (TPSA) is 51.7 Å². The summed E-state index contributed by atoms with van der Waals surface area (Å²) < 4.78 is 10.6. The Morgan fingerprint density at radius 1 is 1.53 bits per heavy atom. The molecule has 0 radical (unpaired) electrons. The maximum atomic E-state index is 12.6. The van der Waals surface area contributed by atoms with Gasteiger partial charge in [-0.1, -0.05) is 0 Å². The third-order valence-corrected chi connectivity index (χ3v) is 3.77. The first-order valence-corrected chi connectivity index (χ1v) is 6.70. The zero-order valence-electron chi connectivity index (χ0n) is 10.3. The fourth-order valence-electron chi connectivity index (χ4n) is 2.00. The third-order valence-electron chi connectivity index (χ3n) is 2.88. The Balaban J connectivity index is 1.98. The number of nitrogens with zero attached hydrogens (tertiary/aromatic N) is 2. The van der Waals surface area contributed by atoms with Crippen molar-refractivity contribution in [3.05, 3.63) is 34.7 Å². The summed E-state index contributed by atoms with van der Waals surface area (Å²) in [5, 5.41) is 1.84. The molecule has 98 valence electrons. The number of thiophene rings is 1. The van der Waals surface area contributed by atoms with Crippen LogP contribution in [0.15, 0.2) is 29.8 Å². The summed E-state index contributed by atoms with van der Waals surface area (Å²) in [6.45, 7) is 0.960. The van der Waals surface area contributed by atoms with Crippen LogP contribution in [0.2, 0.25) is 0 Å². The molecule has 0 saturated heterocycles. The highest BCUT2D eigenvalue weighted by molar-refractivity contribution is 7.12. The number of pyridine rings is 1. The molecule has 2 aromatic rings. The second-order valence-electron chi connectivity index (χ2n) is 3.95. The molecule has 0 N–H and O–H groups in total. The lowest BCUT2D eigenvalue weighted by atomic mass is 10.2. The molecule has 0 aromatic carbocycles. The fraction of sp³-hybridized carbons (Fsp3) is 0.231. The van der Waals surface area contributed by atoms with Crippen LogP contribution in [0, 0.1) is 0 Å². The normalized spacial score (nSPS) is 13.6. The van der Waals surface area contributed by atoms with Crippen molar-refractivity contribution in [1.29, 1.82) is 0 Å². The van der Waals surface area contributed by atoms with Crippen molar-refractivity contribution >= 4 is 22.9 Å². The monoisotopic (exact) mass is 276 g/mol. The molecule has 0 aliphatic carbocycles. The second kappa shape index (κ2) is 4.89. The standard InChI is InChI=1S/C13H12N2O3S/c1-17-10-4-8-19-11(10)13(16)15-6-7-18-12-9(15)3-2-5-14-12/h2-5,8H,6-7H2,1H3. The van der Waals surface area contributed by atoms with E-state index < -0.39 is 0 Å². The maximum Gasteiger partial charge on any atom is 0.272 e. The first-order chi connectivity index (χ1) is 9.31. The van der Waals surface area contributed by atoms with Gasteiger partial charge in [-0.25, -0.2) is 4.98 Å². The van der Waals surface area contributed by atoms with Crippen LogP contribution in [0.4, 0.5) is 5.69 Å². The fourth-order valence-corrected chi connectivity index (χ4v) is 2.81. The molecule has 3 rings (SSSR count). The molecule has 0 saturated carbocycles. The number of carbonyl (C=O) groups is 1. The van der Waals surface area contributed by atoms with Gasteiger partial charge in [0.15, 0.2) is 0 Å². The van der Waals surface area contributed by atoms with Crippen LogP contribution in [0.5, 0.6) is 11.6 Å². The van der Waals surface area contributed by atoms with Crippen molar-refractivity contribution < 1.29 is 14.3 Å². The first kappa shape index (κ1) is 12.0. The summed E-state index contributed by atoms with van der Waals surface area (Å²) in [7, 11) is 1.56. The Morgan fingerprint density at radius 3 is 3.26 bits per heavy atom. The van der Waals surface area contributed by atoms with Crippen molar-refractivity contribution in [2.24, 2.45) is 0 Å². The zero-order chi connectivity index (χ0) is 13.2. The van der Waals surface area contributed by atoms with Gasteiger partial charge < -0.3 is 9.47 Å². The summed E-state index contributed by atoms with van der Waals surface area (Å²) >= 11 is 1.37. The lowest BCUT2D eigenvalue weighted by molar-refractivity contribution is 0.0977. The van der Waals surface area contributed by atoms with Gasteiger partial charge in [0, 0.05) is 6.20 Å². The van der Waals surface area contributed by atoms with Crippen LogP contribution < -0.4 is 14.4 Å². The van der Waals surface area contributed by atoms with Gasteiger partial charge in [-0.05, 0) is 23.6 Å². The minimum atomic E-state index is -0.0793. The van der Waals surface area contributed by atoms with E-state index in [9.17, 15) is 4.79 Å². The number of methoxy groups -OCH3 is 1. The van der Waals surface area contributed by atoms with E-state index in [1.54, 1.807) is 30.3 Å². The quantitative estimate of drug-likeness (QED) is 0.843. The Morgan fingerprint density at radius 2 is 2.42 bits per heavy atom. The Hall–Kier alpha value is -2.08. The SMILES string of the molecule is COc1ccsc1C(=O)N1CCOc2ncccc21. The molecule has 0 unspecified atom stereocenters. The van der Waals surface area contributed by atoms with Gasteiger partial charge in [-0.3, -0.25) is 9.69 Å². The van der Waals surface area contributed by atoms with Crippen molar-refractivity contribution in [3.8, 4) is 11.6 Å². The van der Waals surface area contributed by atoms with Crippen molar-refractivity contribution in [2.45, 2.75) is 0 Å². The van der Waals surface area contributed by atoms with Gasteiger partial charge in [0.1, 0.15) is 22.9 Å². The molecule has 0 spiro atoms. The minimum absolute atomic E-state index is 0.0793. The summed E-state index contributed by atoms with van der Waals surface area (Å²) in [4.78, 5) is 19.0. The molecular weight excluding hydrogens is 264 g/mol. The number of ether oxygens (including phenoxy) is 2. The molecule has 1 amide bonds. The molecule has 0 bridgehead atoms. The van der Waals surface area contributed by atoms with E-state index in [1.165, 1.54) is 11.3 Å². The number of hydrogen-bond donors (Lipinski definition) is 0. The van der Waals surface area contributed by atoms with Crippen LogP contribution in [0.3, 0.4) is 0 Å². The third kappa shape index (κ3) is 2.04. The number of rotatable bonds is 2. The predicted molar refractivity (Wildman–Crippen MR) is 72.3 cm³/mol. The zero-order valence-corrected chi connectivity index (χ0v) is 11.1. The van der Waals surface area contributed by atoms with Gasteiger partial charge in [0.2, 0.25) is 5.88 Å². The Kier molecular flexibility index (Phi) is 3.08. The summed E-state index contributed by atoms with van der Waals surface area (Å²) in [6, 6.07) is 5.42. The van der Waals surface area contributed by atoms with Gasteiger partial charge >= 0.3 is 0 Å². The number of hydrogen-bond acceptors (Lipinski definition) is 5. The van der Waals surface area contributed by atoms with Crippen LogP contribution in [-0.2, 0) is 0 Å². The molecule has 2 aromatic heterocycles. The van der Waals surface area contributed by atoms with Crippen LogP contribution in [0.25, 0.3) is 0 Å². The van der Waals surface area contributed by atoms with Gasteiger partial charge in [0.25, 0.3) is 5.91 Å². The van der Waals surface area contributed by atoms with E-state index in [4.69, 9.17) is 9.47 Å². The van der Waals surface area contributed by atoms with E-state index in [-0.39, 0.29) is 5.91 Å². The Labute approximate surface area is 114 Å². The highest BCUT2D eigenvalue weighted by Gasteiger charge is 2.27. The van der Waals surface area contributed by atoms with E-state index in [0.717, 1.165) is 0 Å². The molecule has 3 heterocycles. The average molecular weight is 276 g/mol. The molecular formula is C13H12N2O3S. The summed E-state index contributed by atoms with van der Waals surface area (Å²) in [5.41, 5.74) is 0.703. The first-order valence-electron chi connectivity index (χ1n) is 5.82. The highest BCUT2D eigenvalue weighted by Crippen LogP contribution is 2.33. The lowest BCUT2D eigenvalue weighted by Gasteiger charge is -2.28. The molecule has 0 atom stereocenters. The molecule has 1 aliphatic heterocycles. The van der Waals surface area contributed by atoms with E-state index in [2.05, 4.69) is 4.98 Å². The molecule has 19 heavy (non-hydrogen) atoms. The molecule has 0 fully saturated rings. The number of fused-ring (bicyclic) bond motifs is 1. The van der Waals surface area contributed by atoms with Crippen molar-refractivity contribution in [3.63, 3.8) is 0 Å². The smallest absolute Gasteiger partial charge is 0.272 e. The number of aromatic nitrogens is 1. The largest absolute Gasteiger partial charge is 0.495 e. The van der Waals surface area contributed by atoms with Gasteiger partial charge in [0.05, 0.1) is 13.7 Å². The molecule has 6 heteroatoms. The van der Waals surface area contributed by atoms with E-state index >= 15 is 0 Å². The highest BCUT2D eigenvalue weighted by atomic mass is 32.1. The van der Waals surface area contributed by atoms with Gasteiger partial charge in [-0.15, -0.1) is 11.3 Å². The minimum Gasteiger partial charge on any atom is -0.495 e.